The van der Waals surface area contributed by atoms with Crippen LogP contribution in [0.1, 0.15) is 5.56 Å². The van der Waals surface area contributed by atoms with Crippen LogP contribution in [0.4, 0.5) is 5.69 Å². The van der Waals surface area contributed by atoms with Crippen LogP contribution in [0.5, 0.6) is 17.2 Å². The van der Waals surface area contributed by atoms with Crippen molar-refractivity contribution in [2.24, 2.45) is 0 Å². The molecule has 7 nitrogen and oxygen atoms in total. The molecule has 0 saturated heterocycles. The lowest BCUT2D eigenvalue weighted by atomic mass is 10.1. The van der Waals surface area contributed by atoms with Crippen molar-refractivity contribution >= 4 is 24.8 Å². The topological polar surface area (TPSA) is 89.9 Å². The first kappa shape index (κ1) is 18.0. The van der Waals surface area contributed by atoms with Crippen LogP contribution in [-0.4, -0.2) is 24.1 Å². The lowest BCUT2D eigenvalue weighted by molar-refractivity contribution is 0.356. The van der Waals surface area contributed by atoms with E-state index in [4.69, 9.17) is 18.9 Å². The summed E-state index contributed by atoms with van der Waals surface area (Å²) in [4.78, 5) is 13.2. The fourth-order valence-electron chi connectivity index (χ4n) is 2.60. The third kappa shape index (κ3) is 4.07. The number of ether oxygens (including phenoxy) is 2. The van der Waals surface area contributed by atoms with Gasteiger partial charge < -0.3 is 24.2 Å². The molecular weight excluding hydrogens is 355 g/mol. The maximum absolute atomic E-state index is 10.7. The van der Waals surface area contributed by atoms with Crippen LogP contribution in [-0.2, 0) is 11.1 Å². The molecule has 0 aliphatic rings. The molecule has 1 unspecified atom stereocenters. The molecule has 0 saturated carbocycles. The van der Waals surface area contributed by atoms with Crippen LogP contribution in [0.25, 0.3) is 10.9 Å². The zero-order chi connectivity index (χ0) is 18.5. The number of anilines is 1. The van der Waals surface area contributed by atoms with Gasteiger partial charge >= 0.3 is 8.25 Å². The summed E-state index contributed by atoms with van der Waals surface area (Å²) in [5.74, 6) is 1.63. The van der Waals surface area contributed by atoms with Crippen molar-refractivity contribution in [1.29, 1.82) is 0 Å². The van der Waals surface area contributed by atoms with E-state index in [9.17, 15) is 4.57 Å². The predicted octanol–water partition coefficient (Wildman–Crippen LogP) is 3.62. The number of benzene rings is 2. The van der Waals surface area contributed by atoms with Crippen LogP contribution in [0, 0.1) is 0 Å². The van der Waals surface area contributed by atoms with Crippen molar-refractivity contribution in [1.82, 2.24) is 4.98 Å². The molecule has 136 valence electrons. The van der Waals surface area contributed by atoms with Gasteiger partial charge in [-0.25, -0.2) is 4.57 Å². The summed E-state index contributed by atoms with van der Waals surface area (Å²) in [5, 5.41) is 4.29. The first-order valence-corrected chi connectivity index (χ1v) is 9.11. The third-order valence-electron chi connectivity index (χ3n) is 3.86. The molecule has 2 N–H and O–H groups in total. The van der Waals surface area contributed by atoms with Crippen LogP contribution >= 0.6 is 8.25 Å². The van der Waals surface area contributed by atoms with Crippen LogP contribution in [0.15, 0.2) is 48.7 Å². The molecule has 0 fully saturated rings. The summed E-state index contributed by atoms with van der Waals surface area (Å²) >= 11 is 0. The van der Waals surface area contributed by atoms with E-state index >= 15 is 0 Å². The van der Waals surface area contributed by atoms with Crippen molar-refractivity contribution < 1.29 is 23.5 Å². The number of hydrogen-bond acceptors (Lipinski definition) is 6. The number of aromatic nitrogens is 1. The number of nitrogens with zero attached hydrogens (tertiary/aromatic N) is 1. The Morgan fingerprint density at radius 2 is 1.77 bits per heavy atom. The van der Waals surface area contributed by atoms with E-state index in [1.807, 2.05) is 30.3 Å². The number of hydrogen-bond donors (Lipinski definition) is 2. The lowest BCUT2D eigenvalue weighted by Gasteiger charge is -2.13. The average molecular weight is 374 g/mol. The number of pyridine rings is 1. The standard InChI is InChI=1S/C18H19N2O5P/c1-23-17-9-14-15(7-8-19-16(14)10-18(17)24-2)20-11-12-3-5-13(6-4-12)25-26(21)22/h3-10,26H,11H2,1-2H3,(H,19,20)(H,21,22). The van der Waals surface area contributed by atoms with Gasteiger partial charge in [0, 0.05) is 29.9 Å². The highest BCUT2D eigenvalue weighted by Crippen LogP contribution is 2.34. The Hall–Kier alpha value is -2.76. The molecule has 3 rings (SSSR count). The van der Waals surface area contributed by atoms with Gasteiger partial charge in [-0.3, -0.25) is 4.98 Å². The van der Waals surface area contributed by atoms with E-state index in [-0.39, 0.29) is 0 Å². The minimum atomic E-state index is -2.99. The predicted molar refractivity (Wildman–Crippen MR) is 100 cm³/mol. The van der Waals surface area contributed by atoms with Gasteiger partial charge in [-0.2, -0.15) is 0 Å². The molecule has 0 amide bonds. The molecular formula is C18H19N2O5P. The summed E-state index contributed by atoms with van der Waals surface area (Å²) in [6, 6.07) is 12.6. The average Bonchev–Trinajstić information content (AvgIpc) is 2.65. The van der Waals surface area contributed by atoms with Crippen LogP contribution < -0.4 is 19.3 Å². The van der Waals surface area contributed by atoms with E-state index < -0.39 is 8.25 Å². The Labute approximate surface area is 151 Å². The molecule has 1 aromatic heterocycles. The highest BCUT2D eigenvalue weighted by molar-refractivity contribution is 7.32. The van der Waals surface area contributed by atoms with E-state index in [1.54, 1.807) is 32.5 Å². The largest absolute Gasteiger partial charge is 0.493 e. The Balaban J connectivity index is 1.81. The first-order valence-electron chi connectivity index (χ1n) is 7.85. The molecule has 0 bridgehead atoms. The lowest BCUT2D eigenvalue weighted by Crippen LogP contribution is -2.01. The number of methoxy groups -OCH3 is 2. The summed E-state index contributed by atoms with van der Waals surface area (Å²) in [6.07, 6.45) is 1.73. The van der Waals surface area contributed by atoms with Gasteiger partial charge in [-0.05, 0) is 29.8 Å². The maximum Gasteiger partial charge on any atom is 0.365 e. The molecule has 0 aliphatic carbocycles. The second-order valence-electron chi connectivity index (χ2n) is 5.45. The van der Waals surface area contributed by atoms with Crippen molar-refractivity contribution in [3.63, 3.8) is 0 Å². The van der Waals surface area contributed by atoms with Crippen LogP contribution in [0.2, 0.25) is 0 Å². The SMILES string of the molecule is COc1cc2nccc(NCc3ccc(O[PH](=O)O)cc3)c2cc1OC. The van der Waals surface area contributed by atoms with Crippen molar-refractivity contribution in [2.75, 3.05) is 19.5 Å². The summed E-state index contributed by atoms with van der Waals surface area (Å²) in [6.45, 7) is 0.571. The highest BCUT2D eigenvalue weighted by atomic mass is 31.1. The highest BCUT2D eigenvalue weighted by Gasteiger charge is 2.10. The third-order valence-corrected chi connectivity index (χ3v) is 4.27. The quantitative estimate of drug-likeness (QED) is 0.611. The van der Waals surface area contributed by atoms with Gasteiger partial charge in [-0.15, -0.1) is 0 Å². The normalized spacial score (nSPS) is 11.8. The van der Waals surface area contributed by atoms with Gasteiger partial charge in [0.05, 0.1) is 19.7 Å². The Morgan fingerprint density at radius 1 is 1.08 bits per heavy atom. The monoisotopic (exact) mass is 374 g/mol. The molecule has 0 radical (unpaired) electrons. The van der Waals surface area contributed by atoms with E-state index in [0.717, 1.165) is 22.2 Å². The molecule has 0 aliphatic heterocycles. The summed E-state index contributed by atoms with van der Waals surface area (Å²) in [5.41, 5.74) is 2.71. The summed E-state index contributed by atoms with van der Waals surface area (Å²) < 4.78 is 26.2. The van der Waals surface area contributed by atoms with Crippen molar-refractivity contribution in [2.45, 2.75) is 6.54 Å². The van der Waals surface area contributed by atoms with Gasteiger partial charge in [0.25, 0.3) is 0 Å². The molecule has 1 heterocycles. The van der Waals surface area contributed by atoms with Crippen molar-refractivity contribution in [3.8, 4) is 17.2 Å². The fourth-order valence-corrected chi connectivity index (χ4v) is 2.94. The van der Waals surface area contributed by atoms with Gasteiger partial charge in [0.15, 0.2) is 11.5 Å². The number of rotatable bonds is 7. The Morgan fingerprint density at radius 3 is 2.42 bits per heavy atom. The van der Waals surface area contributed by atoms with E-state index in [1.165, 1.54) is 0 Å². The zero-order valence-corrected chi connectivity index (χ0v) is 15.4. The number of fused-ring (bicyclic) bond motifs is 1. The number of nitrogens with one attached hydrogen (secondary N) is 1. The maximum atomic E-state index is 10.7. The molecule has 8 heteroatoms. The van der Waals surface area contributed by atoms with Gasteiger partial charge in [0.1, 0.15) is 5.75 Å². The Kier molecular flexibility index (Phi) is 5.61. The fraction of sp³-hybridized carbons (Fsp3) is 0.167. The smallest absolute Gasteiger partial charge is 0.365 e. The molecule has 1 atom stereocenters. The minimum absolute atomic E-state index is 0.367. The molecule has 2 aromatic carbocycles. The molecule has 26 heavy (non-hydrogen) atoms. The van der Waals surface area contributed by atoms with E-state index in [0.29, 0.717) is 23.8 Å². The second-order valence-corrected chi connectivity index (χ2v) is 6.18. The van der Waals surface area contributed by atoms with Gasteiger partial charge in [-0.1, -0.05) is 12.1 Å². The summed E-state index contributed by atoms with van der Waals surface area (Å²) in [7, 11) is 0.200. The molecule has 0 spiro atoms. The van der Waals surface area contributed by atoms with Gasteiger partial charge in [0.2, 0.25) is 0 Å². The minimum Gasteiger partial charge on any atom is -0.493 e. The first-order chi connectivity index (χ1) is 12.6. The van der Waals surface area contributed by atoms with E-state index in [2.05, 4.69) is 10.3 Å². The van der Waals surface area contributed by atoms with Crippen molar-refractivity contribution in [3.05, 3.63) is 54.2 Å². The second kappa shape index (κ2) is 8.08. The zero-order valence-electron chi connectivity index (χ0n) is 14.4. The Bertz CT molecular complexity index is 931. The molecule has 3 aromatic rings. The van der Waals surface area contributed by atoms with Crippen LogP contribution in [0.3, 0.4) is 0 Å².